The molecule has 0 aromatic rings. The molecule has 0 aromatic carbocycles. The molecule has 5 nitrogen and oxygen atoms in total. The van der Waals surface area contributed by atoms with Crippen molar-refractivity contribution in [1.29, 1.82) is 0 Å². The average molecular weight is 228 g/mol. The molecule has 0 bridgehead atoms. The Hall–Kier alpha value is -1.52. The summed E-state index contributed by atoms with van der Waals surface area (Å²) in [4.78, 5) is 43.2. The van der Waals surface area contributed by atoms with E-state index in [-0.39, 0.29) is 37.2 Å². The van der Waals surface area contributed by atoms with E-state index in [1.54, 1.807) is 6.92 Å². The second-order valence-electron chi connectivity index (χ2n) is 3.54. The Morgan fingerprint density at radius 1 is 0.812 bits per heavy atom. The van der Waals surface area contributed by atoms with Crippen molar-refractivity contribution in [3.8, 4) is 0 Å². The third-order valence-corrected chi connectivity index (χ3v) is 2.11. The van der Waals surface area contributed by atoms with Crippen molar-refractivity contribution in [2.24, 2.45) is 0 Å². The molecule has 1 N–H and O–H groups in total. The Balaban J connectivity index is 3.69. The first-order chi connectivity index (χ1) is 7.45. The lowest BCUT2D eigenvalue weighted by Crippen LogP contribution is -2.10. The van der Waals surface area contributed by atoms with Crippen molar-refractivity contribution in [2.45, 2.75) is 45.4 Å². The number of carbonyl (C=O) groups excluding carboxylic acids is 3. The molecule has 0 rings (SSSR count). The highest BCUT2D eigenvalue weighted by Crippen LogP contribution is 2.03. The van der Waals surface area contributed by atoms with Gasteiger partial charge in [-0.15, -0.1) is 0 Å². The lowest BCUT2D eigenvalue weighted by atomic mass is 10.0. The first-order valence-corrected chi connectivity index (χ1v) is 5.22. The molecule has 0 fully saturated rings. The van der Waals surface area contributed by atoms with Gasteiger partial charge in [0.1, 0.15) is 23.8 Å². The number of carbonyl (C=O) groups is 4. The van der Waals surface area contributed by atoms with E-state index in [0.29, 0.717) is 6.42 Å². The fraction of sp³-hybridized carbons (Fsp3) is 0.636. The number of aliphatic carboxylic acids is 1. The monoisotopic (exact) mass is 228 g/mol. The summed E-state index contributed by atoms with van der Waals surface area (Å²) < 4.78 is 0. The van der Waals surface area contributed by atoms with Gasteiger partial charge in [-0.3, -0.25) is 19.2 Å². The van der Waals surface area contributed by atoms with Crippen LogP contribution in [0.2, 0.25) is 0 Å². The van der Waals surface area contributed by atoms with Crippen LogP contribution >= 0.6 is 0 Å². The minimum atomic E-state index is -1.18. The van der Waals surface area contributed by atoms with Crippen molar-refractivity contribution in [1.82, 2.24) is 0 Å². The number of Topliss-reactive ketones (excluding diaryl/α,β-unsaturated/α-hetero) is 3. The molecule has 0 aliphatic carbocycles. The average Bonchev–Trinajstić information content (AvgIpc) is 2.22. The maximum Gasteiger partial charge on any atom is 0.310 e. The molecule has 0 spiro atoms. The molecule has 0 radical (unpaired) electrons. The maximum absolute atomic E-state index is 11.2. The lowest BCUT2D eigenvalue weighted by Gasteiger charge is -1.99. The fourth-order valence-corrected chi connectivity index (χ4v) is 1.12. The third-order valence-electron chi connectivity index (χ3n) is 2.11. The van der Waals surface area contributed by atoms with E-state index >= 15 is 0 Å². The van der Waals surface area contributed by atoms with E-state index in [0.717, 1.165) is 0 Å². The van der Waals surface area contributed by atoms with Gasteiger partial charge in [0.15, 0.2) is 0 Å². The molecule has 0 aliphatic heterocycles. The minimum Gasteiger partial charge on any atom is -0.481 e. The van der Waals surface area contributed by atoms with Crippen LogP contribution in [0.3, 0.4) is 0 Å². The number of carboxylic acid groups (broad SMARTS) is 1. The van der Waals surface area contributed by atoms with Gasteiger partial charge in [-0.1, -0.05) is 6.92 Å². The molecule has 0 saturated heterocycles. The smallest absolute Gasteiger partial charge is 0.310 e. The highest BCUT2D eigenvalue weighted by Gasteiger charge is 2.11. The Kier molecular flexibility index (Phi) is 7.00. The molecule has 0 heterocycles. The van der Waals surface area contributed by atoms with Crippen LogP contribution in [0.1, 0.15) is 45.4 Å². The maximum atomic E-state index is 11.2. The Morgan fingerprint density at radius 3 is 1.69 bits per heavy atom. The third kappa shape index (κ3) is 7.84. The highest BCUT2D eigenvalue weighted by molar-refractivity contribution is 5.96. The summed E-state index contributed by atoms with van der Waals surface area (Å²) in [6, 6.07) is 0. The molecular weight excluding hydrogens is 212 g/mol. The van der Waals surface area contributed by atoms with Crippen LogP contribution in [0.4, 0.5) is 0 Å². The van der Waals surface area contributed by atoms with Gasteiger partial charge in [0.25, 0.3) is 0 Å². The quantitative estimate of drug-likeness (QED) is 0.598. The number of rotatable bonds is 9. The van der Waals surface area contributed by atoms with Crippen molar-refractivity contribution in [3.63, 3.8) is 0 Å². The number of hydrogen-bond acceptors (Lipinski definition) is 4. The summed E-state index contributed by atoms with van der Waals surface area (Å²) in [6.45, 7) is 1.73. The highest BCUT2D eigenvalue weighted by atomic mass is 16.4. The van der Waals surface area contributed by atoms with E-state index < -0.39 is 18.2 Å². The zero-order valence-corrected chi connectivity index (χ0v) is 9.32. The van der Waals surface area contributed by atoms with Gasteiger partial charge in [-0.25, -0.2) is 0 Å². The number of carboxylic acids is 1. The topological polar surface area (TPSA) is 88.5 Å². The SMILES string of the molecule is CCC(=O)CCC(=O)CCC(=O)CC(=O)O. The van der Waals surface area contributed by atoms with Crippen molar-refractivity contribution < 1.29 is 24.3 Å². The second-order valence-corrected chi connectivity index (χ2v) is 3.54. The van der Waals surface area contributed by atoms with Gasteiger partial charge in [0.05, 0.1) is 0 Å². The lowest BCUT2D eigenvalue weighted by molar-refractivity contribution is -0.140. The molecule has 0 amide bonds. The van der Waals surface area contributed by atoms with Crippen LogP contribution in [0.15, 0.2) is 0 Å². The largest absolute Gasteiger partial charge is 0.481 e. The normalized spacial score (nSPS) is 9.81. The second kappa shape index (κ2) is 7.73. The Morgan fingerprint density at radius 2 is 1.25 bits per heavy atom. The van der Waals surface area contributed by atoms with Crippen LogP contribution in [0, 0.1) is 0 Å². The molecule has 16 heavy (non-hydrogen) atoms. The van der Waals surface area contributed by atoms with E-state index in [9.17, 15) is 19.2 Å². The molecule has 0 saturated carbocycles. The van der Waals surface area contributed by atoms with Crippen LogP contribution in [0.25, 0.3) is 0 Å². The summed E-state index contributed by atoms with van der Waals surface area (Å²) in [7, 11) is 0. The number of hydrogen-bond donors (Lipinski definition) is 1. The zero-order chi connectivity index (χ0) is 12.6. The molecule has 0 atom stereocenters. The van der Waals surface area contributed by atoms with Gasteiger partial charge < -0.3 is 5.11 Å². The van der Waals surface area contributed by atoms with E-state index in [1.165, 1.54) is 0 Å². The molecule has 0 aliphatic rings. The Bertz CT molecular complexity index is 293. The first-order valence-electron chi connectivity index (χ1n) is 5.22. The van der Waals surface area contributed by atoms with Crippen molar-refractivity contribution in [2.75, 3.05) is 0 Å². The van der Waals surface area contributed by atoms with E-state index in [4.69, 9.17) is 5.11 Å². The predicted octanol–water partition coefficient (Wildman–Crippen LogP) is 1.14. The van der Waals surface area contributed by atoms with Gasteiger partial charge in [-0.05, 0) is 0 Å². The summed E-state index contributed by atoms with van der Waals surface area (Å²) in [6.07, 6.45) is 0.205. The standard InChI is InChI=1S/C11H16O5/c1-2-8(12)3-4-9(13)5-6-10(14)7-11(15)16/h2-7H2,1H3,(H,15,16). The molecule has 0 aromatic heterocycles. The van der Waals surface area contributed by atoms with Gasteiger partial charge in [0, 0.05) is 32.1 Å². The van der Waals surface area contributed by atoms with Crippen LogP contribution in [-0.2, 0) is 19.2 Å². The van der Waals surface area contributed by atoms with Crippen LogP contribution in [0.5, 0.6) is 0 Å². The van der Waals surface area contributed by atoms with E-state index in [2.05, 4.69) is 0 Å². The predicted molar refractivity (Wildman–Crippen MR) is 56.0 cm³/mol. The van der Waals surface area contributed by atoms with Crippen molar-refractivity contribution >= 4 is 23.3 Å². The van der Waals surface area contributed by atoms with Gasteiger partial charge >= 0.3 is 5.97 Å². The van der Waals surface area contributed by atoms with Crippen LogP contribution < -0.4 is 0 Å². The summed E-state index contributed by atoms with van der Waals surface area (Å²) >= 11 is 0. The summed E-state index contributed by atoms with van der Waals surface area (Å²) in [5.41, 5.74) is 0. The first kappa shape index (κ1) is 14.5. The van der Waals surface area contributed by atoms with Gasteiger partial charge in [-0.2, -0.15) is 0 Å². The molecule has 5 heteroatoms. The fourth-order valence-electron chi connectivity index (χ4n) is 1.12. The number of ketones is 3. The summed E-state index contributed by atoms with van der Waals surface area (Å²) in [5, 5.41) is 8.31. The van der Waals surface area contributed by atoms with Gasteiger partial charge in [0.2, 0.25) is 0 Å². The molecule has 90 valence electrons. The van der Waals surface area contributed by atoms with Crippen molar-refractivity contribution in [3.05, 3.63) is 0 Å². The molecule has 0 unspecified atom stereocenters. The Labute approximate surface area is 93.8 Å². The summed E-state index contributed by atoms with van der Waals surface area (Å²) in [5.74, 6) is -1.79. The van der Waals surface area contributed by atoms with Crippen LogP contribution in [-0.4, -0.2) is 28.4 Å². The zero-order valence-electron chi connectivity index (χ0n) is 9.32. The minimum absolute atomic E-state index is 0.0187. The molecular formula is C11H16O5. The van der Waals surface area contributed by atoms with E-state index in [1.807, 2.05) is 0 Å².